The number of unbranched alkanes of at least 4 members (excludes halogenated alkanes) is 11. The van der Waals surface area contributed by atoms with Gasteiger partial charge in [-0.1, -0.05) is 39.0 Å². The molecule has 222 valence electrons. The van der Waals surface area contributed by atoms with Crippen molar-refractivity contribution in [3.63, 3.8) is 0 Å². The number of hydrogen-bond acceptors (Lipinski definition) is 3. The van der Waals surface area contributed by atoms with Gasteiger partial charge in [0.25, 0.3) is 0 Å². The van der Waals surface area contributed by atoms with Crippen LogP contribution >= 0.6 is 20.2 Å². The molecule has 2 rings (SSSR count). The summed E-state index contributed by atoms with van der Waals surface area (Å²) in [5.41, 5.74) is -4.85. The Balaban J connectivity index is 1.97. The van der Waals surface area contributed by atoms with Crippen molar-refractivity contribution in [3.05, 3.63) is 61.2 Å². The molecule has 0 amide bonds. The van der Waals surface area contributed by atoms with Crippen LogP contribution in [0.3, 0.4) is 0 Å². The normalized spacial score (nSPS) is 13.1. The molecule has 3 nitrogen and oxygen atoms in total. The van der Waals surface area contributed by atoms with Crippen molar-refractivity contribution in [2.24, 2.45) is 0 Å². The quantitative estimate of drug-likeness (QED) is 0.0387. The summed E-state index contributed by atoms with van der Waals surface area (Å²) < 4.78 is 108. The average molecular weight is 711 g/mol. The maximum atomic E-state index is 13.7. The van der Waals surface area contributed by atoms with E-state index in [1.165, 1.54) is 76.0 Å². The van der Waals surface area contributed by atoms with Crippen LogP contribution in [0, 0.1) is 7.14 Å². The zero-order valence-corrected chi connectivity index (χ0v) is 26.1. The molecule has 0 bridgehead atoms. The second-order valence-corrected chi connectivity index (χ2v) is 17.4. The molecule has 0 atom stereocenters. The molecule has 0 aliphatic heterocycles. The molecule has 12 heteroatoms. The molecule has 39 heavy (non-hydrogen) atoms. The topological polar surface area (TPSA) is 43.4 Å². The first-order valence-corrected chi connectivity index (χ1v) is 19.4. The van der Waals surface area contributed by atoms with E-state index in [2.05, 4.69) is 9.44 Å². The Morgan fingerprint density at radius 3 is 1.72 bits per heavy atom. The van der Waals surface area contributed by atoms with Crippen molar-refractivity contribution in [2.45, 2.75) is 95.9 Å². The van der Waals surface area contributed by atoms with Gasteiger partial charge < -0.3 is 0 Å². The van der Waals surface area contributed by atoms with E-state index in [1.54, 1.807) is 12.1 Å². The van der Waals surface area contributed by atoms with Crippen molar-refractivity contribution in [1.82, 2.24) is 0 Å². The van der Waals surface area contributed by atoms with Crippen molar-refractivity contribution < 1.29 is 36.4 Å². The van der Waals surface area contributed by atoms with Crippen LogP contribution in [0.5, 0.6) is 0 Å². The molecule has 2 aromatic carbocycles. The number of hydrogen-bond donors (Lipinski definition) is 0. The molecule has 0 heterocycles. The van der Waals surface area contributed by atoms with Crippen molar-refractivity contribution in [1.29, 1.82) is 0 Å². The molecule has 2 aromatic rings. The Labute approximate surface area is 237 Å². The Kier molecular flexibility index (Phi) is 14.3. The summed E-state index contributed by atoms with van der Waals surface area (Å²) in [6, 6.07) is 10.2. The van der Waals surface area contributed by atoms with E-state index in [-0.39, 0.29) is 3.57 Å². The van der Waals surface area contributed by atoms with Gasteiger partial charge in [0.2, 0.25) is 0 Å². The molecule has 0 unspecified atom stereocenters. The predicted octanol–water partition coefficient (Wildman–Crippen LogP) is 9.31. The number of alkyl halides is 3. The van der Waals surface area contributed by atoms with Crippen molar-refractivity contribution >= 4 is 44.6 Å². The van der Waals surface area contributed by atoms with Crippen molar-refractivity contribution in [2.75, 3.05) is 0 Å². The minimum absolute atomic E-state index is 0.0520. The van der Waals surface area contributed by atoms with Crippen LogP contribution in [0.1, 0.15) is 89.5 Å². The van der Waals surface area contributed by atoms with Crippen LogP contribution in [0.2, 0.25) is 0 Å². The summed E-state index contributed by atoms with van der Waals surface area (Å²) in [7, 11) is -12.5. The van der Waals surface area contributed by atoms with Gasteiger partial charge in [0.15, 0.2) is 0 Å². The van der Waals surface area contributed by atoms with Crippen LogP contribution in [0.25, 0.3) is 0 Å². The Bertz CT molecular complexity index is 1090. The molecule has 0 aliphatic rings. The Morgan fingerprint density at radius 2 is 1.23 bits per heavy atom. The van der Waals surface area contributed by atoms with E-state index in [9.17, 15) is 33.9 Å². The SMILES string of the molecule is CCCCCCCCCCCCCCc1ccc(I(OS(=O)(=O)C(F)(F)F)c2ccccc2[Si](F)(F)F)cc1. The fraction of sp³-hybridized carbons (Fsp3) is 0.556. The zero-order chi connectivity index (χ0) is 28.9. The number of benzene rings is 2. The van der Waals surface area contributed by atoms with Gasteiger partial charge in [0.1, 0.15) is 0 Å². The number of aryl methyl sites for hydroxylation is 1. The molecular formula is C27H37F6IO3SSi. The van der Waals surface area contributed by atoms with Gasteiger partial charge in [-0.3, -0.25) is 0 Å². The molecule has 0 saturated heterocycles. The fourth-order valence-electron chi connectivity index (χ4n) is 4.08. The monoisotopic (exact) mass is 710 g/mol. The van der Waals surface area contributed by atoms with E-state index in [4.69, 9.17) is 0 Å². The van der Waals surface area contributed by atoms with Gasteiger partial charge in [0, 0.05) is 0 Å². The third-order valence-electron chi connectivity index (χ3n) is 6.22. The standard InChI is InChI=1S/C27H37F6IO3SSi/c1-2-3-4-5-6-7-8-9-10-11-12-13-16-23-19-21-24(22-20-23)34(37-38(35,36)27(28,29)30)25-17-14-15-18-26(25)39(31,32)33/h14-15,17-22H,2-13,16H2,1H3. The number of halogens is 7. The van der Waals surface area contributed by atoms with Gasteiger partial charge in [-0.2, -0.15) is 0 Å². The van der Waals surface area contributed by atoms with Crippen LogP contribution in [-0.4, -0.2) is 23.0 Å². The second-order valence-electron chi connectivity index (χ2n) is 9.45. The van der Waals surface area contributed by atoms with Gasteiger partial charge in [-0.25, -0.2) is 0 Å². The van der Waals surface area contributed by atoms with Crippen molar-refractivity contribution in [3.8, 4) is 0 Å². The van der Waals surface area contributed by atoms with Crippen LogP contribution in [0.15, 0.2) is 48.5 Å². The fourth-order valence-corrected chi connectivity index (χ4v) is 12.8. The average Bonchev–Trinajstić information content (AvgIpc) is 2.87. The third-order valence-corrected chi connectivity index (χ3v) is 15.0. The molecule has 0 radical (unpaired) electrons. The first-order chi connectivity index (χ1) is 18.4. The van der Waals surface area contributed by atoms with E-state index in [0.29, 0.717) is 0 Å². The summed E-state index contributed by atoms with van der Waals surface area (Å²) >= 11 is -4.12. The summed E-state index contributed by atoms with van der Waals surface area (Å²) in [4.78, 5) is 0. The zero-order valence-electron chi connectivity index (χ0n) is 22.1. The van der Waals surface area contributed by atoms with E-state index >= 15 is 0 Å². The molecule has 0 spiro atoms. The Morgan fingerprint density at radius 1 is 0.744 bits per heavy atom. The molecule has 0 aliphatic carbocycles. The molecule has 0 aromatic heterocycles. The van der Waals surface area contributed by atoms with Crippen LogP contribution < -0.4 is 5.19 Å². The molecule has 0 N–H and O–H groups in total. The van der Waals surface area contributed by atoms with Crippen LogP contribution in [0.4, 0.5) is 25.5 Å². The van der Waals surface area contributed by atoms with E-state index < -0.39 is 53.7 Å². The summed E-state index contributed by atoms with van der Waals surface area (Å²) in [6.45, 7) is 2.21. The van der Waals surface area contributed by atoms with E-state index in [0.717, 1.165) is 49.4 Å². The second kappa shape index (κ2) is 16.4. The molecule has 0 fully saturated rings. The summed E-state index contributed by atoms with van der Waals surface area (Å²) in [6.07, 6.45) is 15.2. The van der Waals surface area contributed by atoms with E-state index in [1.807, 2.05) is 0 Å². The van der Waals surface area contributed by atoms with Gasteiger partial charge in [0.05, 0.1) is 0 Å². The first kappa shape index (κ1) is 34.1. The van der Waals surface area contributed by atoms with Gasteiger partial charge in [-0.05, 0) is 0 Å². The minimum atomic E-state index is -6.47. The Hall–Kier alpha value is -1.12. The third kappa shape index (κ3) is 11.7. The number of rotatable bonds is 18. The molecule has 0 saturated carbocycles. The predicted molar refractivity (Wildman–Crippen MR) is 154 cm³/mol. The first-order valence-electron chi connectivity index (χ1n) is 13.3. The summed E-state index contributed by atoms with van der Waals surface area (Å²) in [5.74, 6) is 0. The summed E-state index contributed by atoms with van der Waals surface area (Å²) in [5, 5.41) is -1.06. The van der Waals surface area contributed by atoms with Gasteiger partial charge in [-0.15, -0.1) is 0 Å². The van der Waals surface area contributed by atoms with Crippen LogP contribution in [-0.2, 0) is 19.1 Å². The van der Waals surface area contributed by atoms with Gasteiger partial charge >= 0.3 is 199 Å². The molecular weight excluding hydrogens is 673 g/mol. The maximum absolute atomic E-state index is 13.7.